The quantitative estimate of drug-likeness (QED) is 0.466. The lowest BCUT2D eigenvalue weighted by Crippen LogP contribution is -1.89. The molecule has 0 N–H and O–H groups in total. The minimum atomic E-state index is -0.524. The topological polar surface area (TPSA) is 61.0 Å². The normalized spacial score (nSPS) is 9.70. The average molecular weight is 271 g/mol. The zero-order valence-corrected chi connectivity index (χ0v) is 7.57. The summed E-state index contributed by atoms with van der Waals surface area (Å²) in [6.07, 6.45) is 1.54. The van der Waals surface area contributed by atoms with Crippen molar-refractivity contribution in [1.82, 2.24) is 9.19 Å². The van der Waals surface area contributed by atoms with Gasteiger partial charge in [-0.1, -0.05) is 0 Å². The molecule has 10 heavy (non-hydrogen) atoms. The Kier molecular flexibility index (Phi) is 2.49. The van der Waals surface area contributed by atoms with Crippen LogP contribution in [0.2, 0.25) is 0 Å². The van der Waals surface area contributed by atoms with Gasteiger partial charge >= 0.3 is 5.82 Å². The van der Waals surface area contributed by atoms with Crippen LogP contribution in [-0.4, -0.2) is 14.1 Å². The van der Waals surface area contributed by atoms with Gasteiger partial charge in [0.25, 0.3) is 0 Å². The van der Waals surface area contributed by atoms with Gasteiger partial charge in [-0.25, -0.2) is 0 Å². The van der Waals surface area contributed by atoms with Crippen molar-refractivity contribution in [2.45, 2.75) is 0 Å². The van der Waals surface area contributed by atoms with Crippen molar-refractivity contribution in [2.24, 2.45) is 0 Å². The first-order valence-corrected chi connectivity index (χ1v) is 5.55. The van der Waals surface area contributed by atoms with E-state index < -0.39 is 4.92 Å². The molecule has 1 rings (SSSR count). The Morgan fingerprint density at radius 1 is 1.90 bits per heavy atom. The number of nitrogens with zero attached hydrogens (tertiary/aromatic N) is 3. The predicted molar refractivity (Wildman–Crippen MR) is 45.9 cm³/mol. The summed E-state index contributed by atoms with van der Waals surface area (Å²) in [6.45, 7) is 0. The minimum Gasteiger partial charge on any atom is -0.358 e. The maximum absolute atomic E-state index is 10.0. The Balaban J connectivity index is 2.88. The second-order valence-electron chi connectivity index (χ2n) is 1.40. The van der Waals surface area contributed by atoms with Crippen LogP contribution in [0.4, 0.5) is 5.82 Å². The molecule has 0 spiro atoms. The summed E-state index contributed by atoms with van der Waals surface area (Å²) in [7, 11) is 1.28. The van der Waals surface area contributed by atoms with Crippen molar-refractivity contribution in [3.05, 3.63) is 22.4 Å². The molecule has 7 heteroatoms. The van der Waals surface area contributed by atoms with Gasteiger partial charge in [-0.3, -0.25) is 0 Å². The van der Waals surface area contributed by atoms with Gasteiger partial charge in [0.1, 0.15) is 0 Å². The lowest BCUT2D eigenvalue weighted by Gasteiger charge is -1.82. The summed E-state index contributed by atoms with van der Waals surface area (Å²) in [4.78, 5) is 9.52. The molecule has 1 aromatic rings. The predicted octanol–water partition coefficient (Wildman–Crippen LogP) is 1.64. The second kappa shape index (κ2) is 3.19. The summed E-state index contributed by atoms with van der Waals surface area (Å²) in [6, 6.07) is 1.35. The average Bonchev–Trinajstić information content (AvgIpc) is 2.34. The first-order chi connectivity index (χ1) is 4.74. The van der Waals surface area contributed by atoms with E-state index in [9.17, 15) is 10.1 Å². The number of halogens is 1. The molecular formula is C3H2IN3O2S. The van der Waals surface area contributed by atoms with Crippen LogP contribution < -0.4 is 0 Å². The van der Waals surface area contributed by atoms with Crippen molar-refractivity contribution in [3.63, 3.8) is 0 Å². The molecule has 0 aliphatic rings. The Morgan fingerprint density at radius 3 is 2.90 bits per heavy atom. The van der Waals surface area contributed by atoms with Crippen molar-refractivity contribution >= 4 is 36.1 Å². The number of hydrogen-bond acceptors (Lipinski definition) is 4. The number of aromatic nitrogens is 2. The molecular weight excluding hydrogens is 269 g/mol. The van der Waals surface area contributed by atoms with Crippen LogP contribution in [0, 0.1) is 10.1 Å². The summed E-state index contributed by atoms with van der Waals surface area (Å²) >= 11 is 1.98. The van der Waals surface area contributed by atoms with E-state index >= 15 is 0 Å². The molecule has 54 valence electrons. The highest BCUT2D eigenvalue weighted by atomic mass is 127. The molecule has 0 bridgehead atoms. The largest absolute Gasteiger partial charge is 0.391 e. The first kappa shape index (κ1) is 7.79. The van der Waals surface area contributed by atoms with Crippen LogP contribution in [0.15, 0.2) is 12.3 Å². The van der Waals surface area contributed by atoms with Gasteiger partial charge in [-0.15, -0.1) is 4.09 Å². The smallest absolute Gasteiger partial charge is 0.358 e. The SMILES string of the molecule is O=[N+]([O-])c1ccn(SI)n1. The fourth-order valence-corrected chi connectivity index (χ4v) is 1.31. The van der Waals surface area contributed by atoms with Crippen LogP contribution in [0.25, 0.3) is 0 Å². The van der Waals surface area contributed by atoms with Crippen molar-refractivity contribution in [1.29, 1.82) is 0 Å². The maximum Gasteiger partial charge on any atom is 0.391 e. The van der Waals surface area contributed by atoms with Crippen molar-refractivity contribution in [2.75, 3.05) is 0 Å². The maximum atomic E-state index is 10.0. The molecule has 1 aromatic heterocycles. The van der Waals surface area contributed by atoms with Gasteiger partial charge in [0.05, 0.1) is 26.5 Å². The third kappa shape index (κ3) is 1.59. The van der Waals surface area contributed by atoms with Crippen LogP contribution in [-0.2, 0) is 0 Å². The molecule has 0 unspecified atom stereocenters. The van der Waals surface area contributed by atoms with Crippen LogP contribution in [0.3, 0.4) is 0 Å². The highest BCUT2D eigenvalue weighted by molar-refractivity contribution is 14.2. The van der Waals surface area contributed by atoms with E-state index in [2.05, 4.69) is 5.10 Å². The fraction of sp³-hybridized carbons (Fsp3) is 0. The molecule has 0 saturated carbocycles. The number of nitro groups is 1. The number of hydrogen-bond donors (Lipinski definition) is 0. The van der Waals surface area contributed by atoms with Gasteiger partial charge in [0, 0.05) is 21.2 Å². The van der Waals surface area contributed by atoms with E-state index in [4.69, 9.17) is 0 Å². The van der Waals surface area contributed by atoms with E-state index in [-0.39, 0.29) is 5.82 Å². The monoisotopic (exact) mass is 271 g/mol. The summed E-state index contributed by atoms with van der Waals surface area (Å²) in [5, 5.41) is 13.6. The Bertz CT molecular complexity index is 250. The summed E-state index contributed by atoms with van der Waals surface area (Å²) in [5.41, 5.74) is 0. The second-order valence-corrected chi connectivity index (χ2v) is 3.10. The van der Waals surface area contributed by atoms with Crippen LogP contribution >= 0.6 is 30.3 Å². The molecule has 0 radical (unpaired) electrons. The molecule has 0 aliphatic heterocycles. The molecule has 0 aliphatic carbocycles. The van der Waals surface area contributed by atoms with Gasteiger partial charge in [0.15, 0.2) is 0 Å². The zero-order chi connectivity index (χ0) is 7.56. The van der Waals surface area contributed by atoms with E-state index in [1.807, 2.05) is 21.2 Å². The third-order valence-electron chi connectivity index (χ3n) is 0.810. The highest BCUT2D eigenvalue weighted by Gasteiger charge is 2.09. The minimum absolute atomic E-state index is 0.121. The van der Waals surface area contributed by atoms with E-state index in [0.717, 1.165) is 0 Å². The fourth-order valence-electron chi connectivity index (χ4n) is 0.434. The molecule has 0 fully saturated rings. The molecule has 0 aromatic carbocycles. The molecule has 1 heterocycles. The Hall–Kier alpha value is -0.310. The number of rotatable bonds is 2. The summed E-state index contributed by atoms with van der Waals surface area (Å²) < 4.78 is 1.42. The Morgan fingerprint density at radius 2 is 2.60 bits per heavy atom. The van der Waals surface area contributed by atoms with Crippen molar-refractivity contribution in [3.8, 4) is 0 Å². The summed E-state index contributed by atoms with van der Waals surface area (Å²) in [5.74, 6) is -0.121. The van der Waals surface area contributed by atoms with Crippen molar-refractivity contribution < 1.29 is 4.92 Å². The third-order valence-corrected chi connectivity index (χ3v) is 2.37. The lowest BCUT2D eigenvalue weighted by atomic mass is 10.7. The molecule has 0 atom stereocenters. The Labute approximate surface area is 72.7 Å². The standard InChI is InChI=1S/C3H2IN3O2S/c4-10-6-2-1-3(5-6)7(8)9/h1-2H. The van der Waals surface area contributed by atoms with E-state index in [0.29, 0.717) is 0 Å². The molecule has 5 nitrogen and oxygen atoms in total. The molecule has 0 amide bonds. The lowest BCUT2D eigenvalue weighted by molar-refractivity contribution is -0.389. The van der Waals surface area contributed by atoms with E-state index in [1.165, 1.54) is 25.5 Å². The highest BCUT2D eigenvalue weighted by Crippen LogP contribution is 2.16. The van der Waals surface area contributed by atoms with Crippen LogP contribution in [0.5, 0.6) is 0 Å². The van der Waals surface area contributed by atoms with E-state index in [1.54, 1.807) is 0 Å². The van der Waals surface area contributed by atoms with Gasteiger partial charge in [-0.05, 0) is 4.92 Å². The zero-order valence-electron chi connectivity index (χ0n) is 4.60. The van der Waals surface area contributed by atoms with Gasteiger partial charge in [-0.2, -0.15) is 0 Å². The van der Waals surface area contributed by atoms with Gasteiger partial charge in [0.2, 0.25) is 0 Å². The van der Waals surface area contributed by atoms with Crippen LogP contribution in [0.1, 0.15) is 0 Å². The molecule has 0 saturated heterocycles. The first-order valence-electron chi connectivity index (χ1n) is 2.23. The van der Waals surface area contributed by atoms with Gasteiger partial charge < -0.3 is 10.1 Å².